The lowest BCUT2D eigenvalue weighted by atomic mass is 9.95. The van der Waals surface area contributed by atoms with Crippen molar-refractivity contribution in [2.75, 3.05) is 0 Å². The highest BCUT2D eigenvalue weighted by molar-refractivity contribution is 6.18. The molecule has 0 spiro atoms. The van der Waals surface area contributed by atoms with Crippen molar-refractivity contribution in [3.05, 3.63) is 71.8 Å². The Balaban J connectivity index is 1.69. The first-order valence-electron chi connectivity index (χ1n) is 10.8. The molecule has 1 aliphatic heterocycles. The highest BCUT2D eigenvalue weighted by Gasteiger charge is 2.49. The van der Waals surface area contributed by atoms with Gasteiger partial charge in [0.2, 0.25) is 5.92 Å². The van der Waals surface area contributed by atoms with Gasteiger partial charge in [-0.1, -0.05) is 60.7 Å². The standard InChI is InChI=1S/C25H25NO9/c1-25(2)34-22(29)20(23(30)35-25)21(28)18(13-19(27)32-14-16-9-5-3-6-10-16)26-24(31)33-15-17-11-7-4-8-12-17/h3-12,18,20H,13-15H2,1-2H3,(H,26,31). The van der Waals surface area contributed by atoms with Crippen LogP contribution in [0.4, 0.5) is 4.79 Å². The summed E-state index contributed by atoms with van der Waals surface area (Å²) >= 11 is 0. The molecule has 0 bridgehead atoms. The quantitative estimate of drug-likeness (QED) is 0.324. The Bertz CT molecular complexity index is 1010. The molecule has 0 aromatic heterocycles. The number of ether oxygens (including phenoxy) is 4. The zero-order valence-corrected chi connectivity index (χ0v) is 19.2. The lowest BCUT2D eigenvalue weighted by Crippen LogP contribution is -2.54. The molecule has 1 unspecified atom stereocenters. The molecule has 0 radical (unpaired) electrons. The van der Waals surface area contributed by atoms with Crippen molar-refractivity contribution in [3.8, 4) is 0 Å². The number of esters is 3. The number of cyclic esters (lactones) is 2. The monoisotopic (exact) mass is 483 g/mol. The first kappa shape index (κ1) is 25.4. The first-order valence-corrected chi connectivity index (χ1v) is 10.8. The maximum Gasteiger partial charge on any atom is 0.408 e. The van der Waals surface area contributed by atoms with Gasteiger partial charge < -0.3 is 24.3 Å². The number of nitrogens with one attached hydrogen (secondary N) is 1. The molecule has 2 aromatic carbocycles. The molecule has 10 nitrogen and oxygen atoms in total. The SMILES string of the molecule is CC1(C)OC(=O)C(C(=O)C(CC(=O)OCc2ccccc2)NC(=O)OCc2ccccc2)C(=O)O1. The van der Waals surface area contributed by atoms with Crippen molar-refractivity contribution in [3.63, 3.8) is 0 Å². The fourth-order valence-electron chi connectivity index (χ4n) is 3.25. The van der Waals surface area contributed by atoms with Gasteiger partial charge >= 0.3 is 24.0 Å². The van der Waals surface area contributed by atoms with E-state index in [9.17, 15) is 24.0 Å². The van der Waals surface area contributed by atoms with E-state index in [0.717, 1.165) is 0 Å². The summed E-state index contributed by atoms with van der Waals surface area (Å²) in [6.45, 7) is 2.50. The lowest BCUT2D eigenvalue weighted by molar-refractivity contribution is -0.238. The minimum atomic E-state index is -1.97. The lowest BCUT2D eigenvalue weighted by Gasteiger charge is -2.33. The van der Waals surface area contributed by atoms with E-state index in [0.29, 0.717) is 11.1 Å². The Morgan fingerprint density at radius 2 is 1.34 bits per heavy atom. The van der Waals surface area contributed by atoms with Crippen LogP contribution < -0.4 is 5.32 Å². The summed E-state index contributed by atoms with van der Waals surface area (Å²) in [5.41, 5.74) is 1.40. The van der Waals surface area contributed by atoms with E-state index in [4.69, 9.17) is 18.9 Å². The molecule has 1 amide bonds. The van der Waals surface area contributed by atoms with Crippen molar-refractivity contribution in [1.82, 2.24) is 5.32 Å². The van der Waals surface area contributed by atoms with Gasteiger partial charge in [0.25, 0.3) is 5.79 Å². The average molecular weight is 483 g/mol. The molecular formula is C25H25NO9. The Labute approximate surface area is 201 Å². The van der Waals surface area contributed by atoms with Crippen LogP contribution in [0.15, 0.2) is 60.7 Å². The molecule has 10 heteroatoms. The van der Waals surface area contributed by atoms with Gasteiger partial charge in [-0.3, -0.25) is 19.2 Å². The number of hydrogen-bond donors (Lipinski definition) is 1. The van der Waals surface area contributed by atoms with Crippen molar-refractivity contribution >= 4 is 29.8 Å². The number of Topliss-reactive ketones (excluding diaryl/α,β-unsaturated/α-hetero) is 1. The van der Waals surface area contributed by atoms with Crippen LogP contribution in [0.25, 0.3) is 0 Å². The second kappa shape index (κ2) is 11.3. The number of benzene rings is 2. The van der Waals surface area contributed by atoms with Gasteiger partial charge in [0.05, 0.1) is 6.42 Å². The maximum absolute atomic E-state index is 13.1. The van der Waals surface area contributed by atoms with Crippen molar-refractivity contribution in [2.45, 2.75) is 45.3 Å². The Kier molecular flexibility index (Phi) is 8.19. The number of carbonyl (C=O) groups excluding carboxylic acids is 5. The summed E-state index contributed by atoms with van der Waals surface area (Å²) in [5.74, 6) is -7.71. The van der Waals surface area contributed by atoms with E-state index in [1.54, 1.807) is 60.7 Å². The second-order valence-electron chi connectivity index (χ2n) is 8.19. The third-order valence-electron chi connectivity index (χ3n) is 4.91. The normalized spacial score (nSPS) is 15.8. The topological polar surface area (TPSA) is 134 Å². The zero-order chi connectivity index (χ0) is 25.4. The summed E-state index contributed by atoms with van der Waals surface area (Å²) in [5, 5.41) is 2.25. The smallest absolute Gasteiger partial charge is 0.408 e. The molecule has 0 aliphatic carbocycles. The van der Waals surface area contributed by atoms with Gasteiger partial charge in [-0.2, -0.15) is 0 Å². The molecule has 1 saturated heterocycles. The predicted molar refractivity (Wildman–Crippen MR) is 119 cm³/mol. The maximum atomic E-state index is 13.1. The van der Waals surface area contributed by atoms with Crippen LogP contribution in [0.2, 0.25) is 0 Å². The van der Waals surface area contributed by atoms with E-state index < -0.39 is 54.0 Å². The molecular weight excluding hydrogens is 458 g/mol. The zero-order valence-electron chi connectivity index (χ0n) is 19.2. The minimum Gasteiger partial charge on any atom is -0.461 e. The van der Waals surface area contributed by atoms with Crippen LogP contribution in [-0.2, 0) is 51.3 Å². The van der Waals surface area contributed by atoms with Crippen LogP contribution in [0.1, 0.15) is 31.4 Å². The minimum absolute atomic E-state index is 0.0687. The highest BCUT2D eigenvalue weighted by atomic mass is 16.7. The van der Waals surface area contributed by atoms with E-state index in [-0.39, 0.29) is 13.2 Å². The van der Waals surface area contributed by atoms with E-state index in [1.807, 2.05) is 0 Å². The average Bonchev–Trinajstić information content (AvgIpc) is 2.81. The van der Waals surface area contributed by atoms with E-state index >= 15 is 0 Å². The molecule has 184 valence electrons. The number of ketones is 1. The fourth-order valence-corrected chi connectivity index (χ4v) is 3.25. The molecule has 1 heterocycles. The molecule has 0 saturated carbocycles. The largest absolute Gasteiger partial charge is 0.461 e. The molecule has 1 fully saturated rings. The predicted octanol–water partition coefficient (Wildman–Crippen LogP) is 2.44. The van der Waals surface area contributed by atoms with Crippen LogP contribution in [0, 0.1) is 5.92 Å². The Hall–Kier alpha value is -4.21. The van der Waals surface area contributed by atoms with Crippen molar-refractivity contribution in [2.24, 2.45) is 5.92 Å². The molecule has 35 heavy (non-hydrogen) atoms. The van der Waals surface area contributed by atoms with Crippen molar-refractivity contribution in [1.29, 1.82) is 0 Å². The summed E-state index contributed by atoms with van der Waals surface area (Å²) in [6, 6.07) is 16.0. The molecule has 1 N–H and O–H groups in total. The fraction of sp³-hybridized carbons (Fsp3) is 0.320. The number of alkyl carbamates (subject to hydrolysis) is 1. The van der Waals surface area contributed by atoms with Crippen LogP contribution in [-0.4, -0.2) is 41.6 Å². The van der Waals surface area contributed by atoms with Gasteiger partial charge in [-0.25, -0.2) is 4.79 Å². The van der Waals surface area contributed by atoms with Crippen LogP contribution in [0.5, 0.6) is 0 Å². The molecule has 1 atom stereocenters. The van der Waals surface area contributed by atoms with Crippen LogP contribution in [0.3, 0.4) is 0 Å². The molecule has 3 rings (SSSR count). The van der Waals surface area contributed by atoms with Gasteiger partial charge in [0, 0.05) is 13.8 Å². The third-order valence-corrected chi connectivity index (χ3v) is 4.91. The van der Waals surface area contributed by atoms with Crippen molar-refractivity contribution < 1.29 is 42.9 Å². The Morgan fingerprint density at radius 3 is 1.86 bits per heavy atom. The Morgan fingerprint density at radius 1 is 0.857 bits per heavy atom. The summed E-state index contributed by atoms with van der Waals surface area (Å²) in [6.07, 6.45) is -1.67. The van der Waals surface area contributed by atoms with Gasteiger partial charge in [-0.05, 0) is 11.1 Å². The summed E-state index contributed by atoms with van der Waals surface area (Å²) in [4.78, 5) is 62.6. The highest BCUT2D eigenvalue weighted by Crippen LogP contribution is 2.25. The van der Waals surface area contributed by atoms with Gasteiger partial charge in [-0.15, -0.1) is 0 Å². The number of hydrogen-bond acceptors (Lipinski definition) is 9. The molecule has 1 aliphatic rings. The number of carbonyl (C=O) groups is 5. The molecule has 2 aromatic rings. The third kappa shape index (κ3) is 7.39. The summed E-state index contributed by atoms with van der Waals surface area (Å²) in [7, 11) is 0. The van der Waals surface area contributed by atoms with E-state index in [2.05, 4.69) is 5.32 Å². The first-order chi connectivity index (χ1) is 16.6. The van der Waals surface area contributed by atoms with Gasteiger partial charge in [0.1, 0.15) is 19.3 Å². The summed E-state index contributed by atoms with van der Waals surface area (Å²) < 4.78 is 20.3. The number of rotatable bonds is 9. The van der Waals surface area contributed by atoms with Crippen LogP contribution >= 0.6 is 0 Å². The number of amides is 1. The second-order valence-corrected chi connectivity index (χ2v) is 8.19. The van der Waals surface area contributed by atoms with Gasteiger partial charge in [0.15, 0.2) is 5.78 Å². The van der Waals surface area contributed by atoms with E-state index in [1.165, 1.54) is 13.8 Å².